The minimum absolute atomic E-state index is 0.0343. The van der Waals surface area contributed by atoms with Crippen LogP contribution < -0.4 is 24.4 Å². The molecule has 1 amide bonds. The Hall–Kier alpha value is -3.00. The molecule has 0 bridgehead atoms. The summed E-state index contributed by atoms with van der Waals surface area (Å²) in [5.41, 5.74) is 2.24. The van der Waals surface area contributed by atoms with Gasteiger partial charge in [-0.3, -0.25) is 9.69 Å². The maximum Gasteiger partial charge on any atom is 0.225 e. The molecule has 182 valence electrons. The number of pyridine rings is 1. The van der Waals surface area contributed by atoms with Crippen LogP contribution in [-0.2, 0) is 11.2 Å². The van der Waals surface area contributed by atoms with Gasteiger partial charge in [0.15, 0.2) is 11.5 Å². The first-order valence-electron chi connectivity index (χ1n) is 12.5. The number of rotatable bonds is 7. The van der Waals surface area contributed by atoms with Crippen molar-refractivity contribution in [2.45, 2.75) is 38.5 Å². The van der Waals surface area contributed by atoms with Crippen molar-refractivity contribution in [1.82, 2.24) is 9.88 Å². The topological polar surface area (TPSA) is 76.2 Å². The standard InChI is InChI=1S/C26H34N4O4/c31-23-9-3-6-20-10-11-24(28-26(20)27-23)33-17-2-1-12-29-13-15-30(16-14-29)21-7-4-8-22-25(21)34-19-5-18-32-22/h4,7-8,10-11H,1-3,5-6,9,12-19H2,(H,27,28,31). The van der Waals surface area contributed by atoms with E-state index in [0.29, 0.717) is 37.9 Å². The molecule has 1 N–H and O–H groups in total. The first kappa shape index (κ1) is 22.8. The minimum Gasteiger partial charge on any atom is -0.489 e. The third kappa shape index (κ3) is 5.55. The highest BCUT2D eigenvalue weighted by Gasteiger charge is 2.23. The van der Waals surface area contributed by atoms with Crippen molar-refractivity contribution >= 4 is 17.4 Å². The Bertz CT molecular complexity index is 991. The van der Waals surface area contributed by atoms with Gasteiger partial charge in [-0.1, -0.05) is 6.07 Å². The summed E-state index contributed by atoms with van der Waals surface area (Å²) in [6.45, 7) is 7.18. The van der Waals surface area contributed by atoms with Crippen molar-refractivity contribution in [2.75, 3.05) is 62.8 Å². The van der Waals surface area contributed by atoms with Crippen LogP contribution in [0.1, 0.15) is 37.7 Å². The van der Waals surface area contributed by atoms with E-state index in [1.807, 2.05) is 18.2 Å². The fourth-order valence-electron chi connectivity index (χ4n) is 4.75. The summed E-state index contributed by atoms with van der Waals surface area (Å²) in [6.07, 6.45) is 5.27. The van der Waals surface area contributed by atoms with Gasteiger partial charge in [0, 0.05) is 45.1 Å². The van der Waals surface area contributed by atoms with E-state index in [0.717, 1.165) is 87.6 Å². The number of benzene rings is 1. The number of hydrogen-bond acceptors (Lipinski definition) is 7. The second kappa shape index (κ2) is 11.0. The first-order chi connectivity index (χ1) is 16.8. The van der Waals surface area contributed by atoms with Crippen molar-refractivity contribution in [3.05, 3.63) is 35.9 Å². The summed E-state index contributed by atoms with van der Waals surface area (Å²) in [6, 6.07) is 10.1. The average Bonchev–Trinajstić information content (AvgIpc) is 3.21. The van der Waals surface area contributed by atoms with E-state index >= 15 is 0 Å². The summed E-state index contributed by atoms with van der Waals surface area (Å²) < 4.78 is 17.7. The molecule has 0 radical (unpaired) electrons. The van der Waals surface area contributed by atoms with E-state index in [2.05, 4.69) is 32.2 Å². The number of amides is 1. The normalized spacial score (nSPS) is 18.5. The van der Waals surface area contributed by atoms with Crippen LogP contribution in [-0.4, -0.2) is 68.3 Å². The van der Waals surface area contributed by atoms with Crippen LogP contribution in [0.15, 0.2) is 30.3 Å². The molecule has 1 aromatic carbocycles. The molecule has 0 spiro atoms. The molecule has 4 heterocycles. The smallest absolute Gasteiger partial charge is 0.225 e. The van der Waals surface area contributed by atoms with E-state index in [-0.39, 0.29) is 5.91 Å². The Morgan fingerprint density at radius 1 is 0.971 bits per heavy atom. The van der Waals surface area contributed by atoms with Crippen molar-refractivity contribution in [1.29, 1.82) is 0 Å². The monoisotopic (exact) mass is 466 g/mol. The quantitative estimate of drug-likeness (QED) is 0.626. The van der Waals surface area contributed by atoms with E-state index in [1.54, 1.807) is 0 Å². The molecule has 0 unspecified atom stereocenters. The zero-order valence-corrected chi connectivity index (χ0v) is 19.8. The predicted octanol–water partition coefficient (Wildman–Crippen LogP) is 3.50. The molecule has 0 atom stereocenters. The molecule has 0 saturated carbocycles. The van der Waals surface area contributed by atoms with E-state index in [9.17, 15) is 4.79 Å². The van der Waals surface area contributed by atoms with Crippen LogP contribution in [0.5, 0.6) is 17.4 Å². The van der Waals surface area contributed by atoms with E-state index < -0.39 is 0 Å². The van der Waals surface area contributed by atoms with Gasteiger partial charge in [-0.15, -0.1) is 0 Å². The Balaban J connectivity index is 1.04. The zero-order valence-electron chi connectivity index (χ0n) is 19.8. The lowest BCUT2D eigenvalue weighted by Crippen LogP contribution is -2.46. The minimum atomic E-state index is 0.0343. The molecule has 8 heteroatoms. The summed E-state index contributed by atoms with van der Waals surface area (Å²) >= 11 is 0. The lowest BCUT2D eigenvalue weighted by molar-refractivity contribution is -0.116. The van der Waals surface area contributed by atoms with Gasteiger partial charge in [-0.25, -0.2) is 0 Å². The van der Waals surface area contributed by atoms with Gasteiger partial charge >= 0.3 is 0 Å². The highest BCUT2D eigenvalue weighted by Crippen LogP contribution is 2.39. The number of carbonyl (C=O) groups excluding carboxylic acids is 1. The number of aromatic nitrogens is 1. The number of aryl methyl sites for hydroxylation is 1. The number of nitrogens with zero attached hydrogens (tertiary/aromatic N) is 3. The maximum absolute atomic E-state index is 11.8. The van der Waals surface area contributed by atoms with Gasteiger partial charge in [-0.2, -0.15) is 4.98 Å². The van der Waals surface area contributed by atoms with Crippen molar-refractivity contribution < 1.29 is 19.0 Å². The highest BCUT2D eigenvalue weighted by atomic mass is 16.5. The Kier molecular flexibility index (Phi) is 7.34. The van der Waals surface area contributed by atoms with Crippen LogP contribution in [0.3, 0.4) is 0 Å². The SMILES string of the molecule is O=C1CCCc2ccc(OCCCCN3CCN(c4cccc5c4OCCCO5)CC3)nc2N1. The number of hydrogen-bond donors (Lipinski definition) is 1. The molecule has 34 heavy (non-hydrogen) atoms. The maximum atomic E-state index is 11.8. The molecule has 1 aromatic heterocycles. The summed E-state index contributed by atoms with van der Waals surface area (Å²) in [5, 5.41) is 2.89. The molecule has 5 rings (SSSR count). The lowest BCUT2D eigenvalue weighted by atomic mass is 10.1. The fraction of sp³-hybridized carbons (Fsp3) is 0.538. The molecule has 8 nitrogen and oxygen atoms in total. The summed E-state index contributed by atoms with van der Waals surface area (Å²) in [4.78, 5) is 21.2. The van der Waals surface area contributed by atoms with Gasteiger partial charge in [0.1, 0.15) is 5.82 Å². The van der Waals surface area contributed by atoms with Crippen LogP contribution in [0.25, 0.3) is 0 Å². The predicted molar refractivity (Wildman–Crippen MR) is 131 cm³/mol. The van der Waals surface area contributed by atoms with Gasteiger partial charge in [0.25, 0.3) is 0 Å². The number of nitrogens with one attached hydrogen (secondary N) is 1. The highest BCUT2D eigenvalue weighted by molar-refractivity contribution is 5.91. The Morgan fingerprint density at radius 3 is 2.76 bits per heavy atom. The van der Waals surface area contributed by atoms with Crippen molar-refractivity contribution in [2.24, 2.45) is 0 Å². The van der Waals surface area contributed by atoms with Crippen LogP contribution in [0.4, 0.5) is 11.5 Å². The molecule has 3 aliphatic rings. The number of ether oxygens (including phenoxy) is 3. The molecule has 2 aromatic rings. The number of unbranched alkanes of at least 4 members (excludes halogenated alkanes) is 1. The number of fused-ring (bicyclic) bond motifs is 2. The average molecular weight is 467 g/mol. The molecule has 3 aliphatic heterocycles. The van der Waals surface area contributed by atoms with Crippen LogP contribution >= 0.6 is 0 Å². The second-order valence-corrected chi connectivity index (χ2v) is 9.10. The van der Waals surface area contributed by atoms with Crippen molar-refractivity contribution in [3.8, 4) is 17.4 Å². The molecule has 1 fully saturated rings. The molecular weight excluding hydrogens is 432 g/mol. The number of anilines is 2. The molecule has 0 aliphatic carbocycles. The molecule has 1 saturated heterocycles. The van der Waals surface area contributed by atoms with Crippen molar-refractivity contribution in [3.63, 3.8) is 0 Å². The van der Waals surface area contributed by atoms with E-state index in [1.165, 1.54) is 0 Å². The largest absolute Gasteiger partial charge is 0.489 e. The molecular formula is C26H34N4O4. The Labute approximate surface area is 201 Å². The number of para-hydroxylation sites is 1. The van der Waals surface area contributed by atoms with E-state index in [4.69, 9.17) is 14.2 Å². The zero-order chi connectivity index (χ0) is 23.2. The lowest BCUT2D eigenvalue weighted by Gasteiger charge is -2.36. The number of piperazine rings is 1. The summed E-state index contributed by atoms with van der Waals surface area (Å²) in [5.74, 6) is 3.04. The fourth-order valence-corrected chi connectivity index (χ4v) is 4.75. The third-order valence-electron chi connectivity index (χ3n) is 6.64. The third-order valence-corrected chi connectivity index (χ3v) is 6.64. The van der Waals surface area contributed by atoms with Gasteiger partial charge < -0.3 is 24.4 Å². The van der Waals surface area contributed by atoms with Gasteiger partial charge in [-0.05, 0) is 56.0 Å². The second-order valence-electron chi connectivity index (χ2n) is 9.10. The van der Waals surface area contributed by atoms with Gasteiger partial charge in [0.05, 0.1) is 25.5 Å². The Morgan fingerprint density at radius 2 is 1.85 bits per heavy atom. The first-order valence-corrected chi connectivity index (χ1v) is 12.5. The number of carbonyl (C=O) groups is 1. The van der Waals surface area contributed by atoms with Crippen LogP contribution in [0.2, 0.25) is 0 Å². The summed E-state index contributed by atoms with van der Waals surface area (Å²) in [7, 11) is 0. The van der Waals surface area contributed by atoms with Gasteiger partial charge in [0.2, 0.25) is 11.8 Å². The van der Waals surface area contributed by atoms with Crippen LogP contribution in [0, 0.1) is 0 Å².